The standard InChI is InChI=1S/C26H22N2O5/c29-24(28-14-21(25(30)31)20-11-5-6-12-23(20)28)13-27-26(32)33-15-22-18-9-3-1-7-16(18)17-8-2-4-10-19(17)22/h1-12,21-22H,13-15H2,(H,27,32)(H,30,31). The van der Waals surface area contributed by atoms with Gasteiger partial charge in [-0.05, 0) is 33.9 Å². The summed E-state index contributed by atoms with van der Waals surface area (Å²) in [5.41, 5.74) is 5.64. The van der Waals surface area contributed by atoms with Crippen molar-refractivity contribution in [1.82, 2.24) is 5.32 Å². The van der Waals surface area contributed by atoms with Crippen molar-refractivity contribution in [2.75, 3.05) is 24.6 Å². The van der Waals surface area contributed by atoms with Crippen molar-refractivity contribution in [3.05, 3.63) is 89.5 Å². The van der Waals surface area contributed by atoms with Crippen LogP contribution in [0, 0.1) is 0 Å². The number of carbonyl (C=O) groups excluding carboxylic acids is 2. The van der Waals surface area contributed by atoms with Crippen LogP contribution in [0.15, 0.2) is 72.8 Å². The summed E-state index contributed by atoms with van der Waals surface area (Å²) in [6.07, 6.45) is -0.688. The van der Waals surface area contributed by atoms with Crippen LogP contribution in [-0.2, 0) is 14.3 Å². The highest BCUT2D eigenvalue weighted by Gasteiger charge is 2.36. The van der Waals surface area contributed by atoms with Crippen LogP contribution in [0.1, 0.15) is 28.5 Å². The first-order valence-electron chi connectivity index (χ1n) is 10.8. The lowest BCUT2D eigenvalue weighted by Crippen LogP contribution is -2.40. The average molecular weight is 442 g/mol. The average Bonchev–Trinajstić information content (AvgIpc) is 3.38. The van der Waals surface area contributed by atoms with Crippen LogP contribution in [0.3, 0.4) is 0 Å². The number of carboxylic acid groups (broad SMARTS) is 1. The highest BCUT2D eigenvalue weighted by atomic mass is 16.5. The van der Waals surface area contributed by atoms with E-state index in [9.17, 15) is 19.5 Å². The van der Waals surface area contributed by atoms with Gasteiger partial charge in [0, 0.05) is 18.2 Å². The van der Waals surface area contributed by atoms with Gasteiger partial charge in [-0.3, -0.25) is 9.59 Å². The number of nitrogens with zero attached hydrogens (tertiary/aromatic N) is 1. The Bertz CT molecular complexity index is 1210. The summed E-state index contributed by atoms with van der Waals surface area (Å²) in [5.74, 6) is -2.22. The van der Waals surface area contributed by atoms with E-state index in [0.29, 0.717) is 11.3 Å². The maximum absolute atomic E-state index is 12.7. The second-order valence-electron chi connectivity index (χ2n) is 8.13. The van der Waals surface area contributed by atoms with Gasteiger partial charge in [0.25, 0.3) is 0 Å². The number of anilines is 1. The van der Waals surface area contributed by atoms with E-state index in [4.69, 9.17) is 4.74 Å². The summed E-state index contributed by atoms with van der Waals surface area (Å²) >= 11 is 0. The molecule has 2 aliphatic rings. The first kappa shape index (κ1) is 20.8. The number of fused-ring (bicyclic) bond motifs is 4. The number of carboxylic acids is 1. The lowest BCUT2D eigenvalue weighted by molar-refractivity contribution is -0.138. The fourth-order valence-corrected chi connectivity index (χ4v) is 4.75. The smallest absolute Gasteiger partial charge is 0.407 e. The number of hydrogen-bond donors (Lipinski definition) is 2. The number of para-hydroxylation sites is 1. The molecule has 0 fully saturated rings. The van der Waals surface area contributed by atoms with E-state index in [1.165, 1.54) is 4.90 Å². The molecule has 0 bridgehead atoms. The topological polar surface area (TPSA) is 95.9 Å². The van der Waals surface area contributed by atoms with Crippen molar-refractivity contribution in [3.63, 3.8) is 0 Å². The summed E-state index contributed by atoms with van der Waals surface area (Å²) in [4.78, 5) is 38.1. The van der Waals surface area contributed by atoms with Crippen LogP contribution in [0.4, 0.5) is 10.5 Å². The van der Waals surface area contributed by atoms with Crippen LogP contribution in [-0.4, -0.2) is 42.8 Å². The minimum atomic E-state index is -0.984. The van der Waals surface area contributed by atoms with Gasteiger partial charge < -0.3 is 20.1 Å². The van der Waals surface area contributed by atoms with Crippen molar-refractivity contribution < 1.29 is 24.2 Å². The van der Waals surface area contributed by atoms with Crippen molar-refractivity contribution >= 4 is 23.7 Å². The van der Waals surface area contributed by atoms with Gasteiger partial charge in [-0.15, -0.1) is 0 Å². The predicted octanol–water partition coefficient (Wildman–Crippen LogP) is 3.74. The number of nitrogens with one attached hydrogen (secondary N) is 1. The van der Waals surface area contributed by atoms with E-state index in [1.54, 1.807) is 24.3 Å². The zero-order chi connectivity index (χ0) is 22.9. The Morgan fingerprint density at radius 2 is 1.45 bits per heavy atom. The number of aliphatic carboxylic acids is 1. The largest absolute Gasteiger partial charge is 0.481 e. The van der Waals surface area contributed by atoms with Crippen molar-refractivity contribution in [2.45, 2.75) is 11.8 Å². The Morgan fingerprint density at radius 3 is 2.09 bits per heavy atom. The Balaban J connectivity index is 1.21. The molecular weight excluding hydrogens is 420 g/mol. The van der Waals surface area contributed by atoms with Crippen LogP contribution in [0.5, 0.6) is 0 Å². The molecule has 0 aromatic heterocycles. The molecule has 1 heterocycles. The molecule has 0 spiro atoms. The third-order valence-electron chi connectivity index (χ3n) is 6.29. The van der Waals surface area contributed by atoms with Crippen LogP contribution in [0.2, 0.25) is 0 Å². The Kier molecular flexibility index (Phi) is 5.30. The maximum atomic E-state index is 12.7. The Labute approximate surface area is 190 Å². The molecule has 0 radical (unpaired) electrons. The number of benzene rings is 3. The molecule has 7 heteroatoms. The van der Waals surface area contributed by atoms with Gasteiger partial charge in [0.15, 0.2) is 0 Å². The molecule has 3 aromatic carbocycles. The Morgan fingerprint density at radius 1 is 0.879 bits per heavy atom. The normalized spacial score (nSPS) is 16.0. The number of hydrogen-bond acceptors (Lipinski definition) is 4. The molecule has 1 aliphatic carbocycles. The molecule has 33 heavy (non-hydrogen) atoms. The third-order valence-corrected chi connectivity index (χ3v) is 6.29. The van der Waals surface area contributed by atoms with Gasteiger partial charge in [0.1, 0.15) is 19.1 Å². The van der Waals surface area contributed by atoms with Gasteiger partial charge in [-0.2, -0.15) is 0 Å². The summed E-state index contributed by atoms with van der Waals surface area (Å²) in [5, 5.41) is 12.0. The molecule has 2 amide bonds. The number of ether oxygens (including phenoxy) is 1. The summed E-state index contributed by atoms with van der Waals surface area (Å²) in [6.45, 7) is -0.0844. The molecule has 1 aliphatic heterocycles. The molecule has 1 atom stereocenters. The van der Waals surface area contributed by atoms with E-state index >= 15 is 0 Å². The zero-order valence-electron chi connectivity index (χ0n) is 17.7. The number of amides is 2. The molecule has 2 N–H and O–H groups in total. The van der Waals surface area contributed by atoms with Crippen molar-refractivity contribution in [3.8, 4) is 11.1 Å². The number of alkyl carbamates (subject to hydrolysis) is 1. The fourth-order valence-electron chi connectivity index (χ4n) is 4.75. The molecule has 0 saturated carbocycles. The summed E-state index contributed by atoms with van der Waals surface area (Å²) in [6, 6.07) is 23.0. The second-order valence-corrected chi connectivity index (χ2v) is 8.13. The summed E-state index contributed by atoms with van der Waals surface area (Å²) < 4.78 is 5.47. The minimum Gasteiger partial charge on any atom is -0.481 e. The monoisotopic (exact) mass is 442 g/mol. The van der Waals surface area contributed by atoms with E-state index in [2.05, 4.69) is 17.4 Å². The molecule has 5 rings (SSSR count). The lowest BCUT2D eigenvalue weighted by atomic mass is 9.98. The van der Waals surface area contributed by atoms with Gasteiger partial charge in [0.05, 0.1) is 0 Å². The first-order chi connectivity index (χ1) is 16.0. The van der Waals surface area contributed by atoms with Gasteiger partial charge in [-0.25, -0.2) is 4.79 Å². The van der Waals surface area contributed by atoms with E-state index in [1.807, 2.05) is 36.4 Å². The van der Waals surface area contributed by atoms with Crippen molar-refractivity contribution in [2.24, 2.45) is 0 Å². The molecule has 166 valence electrons. The molecular formula is C26H22N2O5. The van der Waals surface area contributed by atoms with E-state index < -0.39 is 18.0 Å². The molecule has 1 unspecified atom stereocenters. The van der Waals surface area contributed by atoms with Crippen molar-refractivity contribution in [1.29, 1.82) is 0 Å². The van der Waals surface area contributed by atoms with Gasteiger partial charge in [-0.1, -0.05) is 66.7 Å². The maximum Gasteiger partial charge on any atom is 0.407 e. The zero-order valence-corrected chi connectivity index (χ0v) is 17.7. The van der Waals surface area contributed by atoms with Crippen LogP contribution < -0.4 is 10.2 Å². The fraction of sp³-hybridized carbons (Fsp3) is 0.192. The van der Waals surface area contributed by atoms with Gasteiger partial charge >= 0.3 is 12.1 Å². The van der Waals surface area contributed by atoms with Gasteiger partial charge in [0.2, 0.25) is 5.91 Å². The highest BCUT2D eigenvalue weighted by Crippen LogP contribution is 2.44. The van der Waals surface area contributed by atoms with Crippen LogP contribution in [0.25, 0.3) is 11.1 Å². The van der Waals surface area contributed by atoms with E-state index in [0.717, 1.165) is 22.3 Å². The molecule has 3 aromatic rings. The predicted molar refractivity (Wildman–Crippen MR) is 122 cm³/mol. The quantitative estimate of drug-likeness (QED) is 0.628. The summed E-state index contributed by atoms with van der Waals surface area (Å²) in [7, 11) is 0. The lowest BCUT2D eigenvalue weighted by Gasteiger charge is -2.18. The number of rotatable bonds is 5. The SMILES string of the molecule is O=C(NCC(=O)N1CC(C(=O)O)c2ccccc21)OCC1c2ccccc2-c2ccccc21. The minimum absolute atomic E-state index is 0.0416. The van der Waals surface area contributed by atoms with E-state index in [-0.39, 0.29) is 31.5 Å². The molecule has 7 nitrogen and oxygen atoms in total. The van der Waals surface area contributed by atoms with Crippen LogP contribution >= 0.6 is 0 Å². The highest BCUT2D eigenvalue weighted by molar-refractivity contribution is 6.00. The first-order valence-corrected chi connectivity index (χ1v) is 10.8. The Hall–Kier alpha value is -4.13. The second kappa shape index (κ2) is 8.43. The molecule has 0 saturated heterocycles. The third kappa shape index (κ3) is 3.71. The number of carbonyl (C=O) groups is 3.